The summed E-state index contributed by atoms with van der Waals surface area (Å²) < 4.78 is 0. The average Bonchev–Trinajstić information content (AvgIpc) is 2.82. The van der Waals surface area contributed by atoms with E-state index in [1.165, 1.54) is 6.08 Å². The fraction of sp³-hybridized carbons (Fsp3) is 0.769. The Kier molecular flexibility index (Phi) is 13.5. The SMILES string of the molecule is CCCCCCCCNC(=O)C1(C(=O)[O-])C=CCC(C(=O)[O-])(C(=O)NCCCCCCCC)C1. The summed E-state index contributed by atoms with van der Waals surface area (Å²) in [6, 6.07) is 0. The second-order valence-corrected chi connectivity index (χ2v) is 9.46. The molecule has 2 unspecified atom stereocenters. The highest BCUT2D eigenvalue weighted by atomic mass is 16.4. The highest BCUT2D eigenvalue weighted by Crippen LogP contribution is 2.43. The van der Waals surface area contributed by atoms with Gasteiger partial charge >= 0.3 is 0 Å². The van der Waals surface area contributed by atoms with Crippen molar-refractivity contribution >= 4 is 23.8 Å². The van der Waals surface area contributed by atoms with Crippen molar-refractivity contribution in [2.24, 2.45) is 10.8 Å². The summed E-state index contributed by atoms with van der Waals surface area (Å²) in [5.41, 5.74) is -4.38. The van der Waals surface area contributed by atoms with Gasteiger partial charge in [0.1, 0.15) is 5.41 Å². The van der Waals surface area contributed by atoms with Gasteiger partial charge < -0.3 is 30.4 Å². The van der Waals surface area contributed by atoms with Gasteiger partial charge in [0.2, 0.25) is 11.8 Å². The topological polar surface area (TPSA) is 138 Å². The first-order valence-electron chi connectivity index (χ1n) is 12.9. The molecule has 0 aliphatic heterocycles. The van der Waals surface area contributed by atoms with Crippen molar-refractivity contribution in [1.29, 1.82) is 0 Å². The van der Waals surface area contributed by atoms with Gasteiger partial charge in [0.05, 0.1) is 17.4 Å². The molecule has 8 nitrogen and oxygen atoms in total. The van der Waals surface area contributed by atoms with Crippen LogP contribution in [0.2, 0.25) is 0 Å². The summed E-state index contributed by atoms with van der Waals surface area (Å²) in [5.74, 6) is -5.09. The van der Waals surface area contributed by atoms with Gasteiger partial charge in [-0.3, -0.25) is 9.59 Å². The minimum atomic E-state index is -2.24. The van der Waals surface area contributed by atoms with Crippen molar-refractivity contribution < 1.29 is 29.4 Å². The Balaban J connectivity index is 2.77. The lowest BCUT2D eigenvalue weighted by Crippen LogP contribution is -2.61. The first-order chi connectivity index (χ1) is 16.3. The predicted octanol–water partition coefficient (Wildman–Crippen LogP) is 1.76. The second kappa shape index (κ2) is 15.5. The third kappa shape index (κ3) is 8.44. The first kappa shape index (κ1) is 29.7. The van der Waals surface area contributed by atoms with Crippen LogP contribution in [0.3, 0.4) is 0 Å². The molecular weight excluding hydrogens is 436 g/mol. The fourth-order valence-electron chi connectivity index (χ4n) is 4.42. The molecule has 1 aliphatic carbocycles. The number of nitrogens with one attached hydrogen (secondary N) is 2. The second-order valence-electron chi connectivity index (χ2n) is 9.46. The zero-order valence-electron chi connectivity index (χ0n) is 20.9. The molecule has 0 aromatic rings. The van der Waals surface area contributed by atoms with Gasteiger partial charge in [-0.15, -0.1) is 0 Å². The Morgan fingerprint density at radius 3 is 1.65 bits per heavy atom. The lowest BCUT2D eigenvalue weighted by molar-refractivity contribution is -0.322. The van der Waals surface area contributed by atoms with Crippen LogP contribution < -0.4 is 20.8 Å². The Morgan fingerprint density at radius 1 is 0.706 bits per heavy atom. The number of carbonyl (C=O) groups is 4. The minimum Gasteiger partial charge on any atom is -0.549 e. The molecule has 1 rings (SSSR count). The molecule has 0 fully saturated rings. The molecule has 34 heavy (non-hydrogen) atoms. The van der Waals surface area contributed by atoms with Crippen molar-refractivity contribution in [3.63, 3.8) is 0 Å². The maximum absolute atomic E-state index is 12.9. The number of hydrogen-bond donors (Lipinski definition) is 2. The maximum atomic E-state index is 12.9. The normalized spacial score (nSPS) is 21.7. The van der Waals surface area contributed by atoms with E-state index in [0.717, 1.165) is 70.3 Å². The molecule has 0 aromatic heterocycles. The molecule has 0 saturated carbocycles. The van der Waals surface area contributed by atoms with Crippen LogP contribution in [0.5, 0.6) is 0 Å². The van der Waals surface area contributed by atoms with Crippen molar-refractivity contribution in [2.45, 2.75) is 104 Å². The van der Waals surface area contributed by atoms with Gasteiger partial charge in [-0.05, 0) is 25.7 Å². The van der Waals surface area contributed by atoms with Crippen LogP contribution >= 0.6 is 0 Å². The van der Waals surface area contributed by atoms with Gasteiger partial charge in [-0.1, -0.05) is 90.2 Å². The Bertz CT molecular complexity index is 707. The van der Waals surface area contributed by atoms with Crippen molar-refractivity contribution in [3.8, 4) is 0 Å². The molecular formula is C26H42N2O6-2. The Hall–Kier alpha value is -2.38. The third-order valence-corrected chi connectivity index (χ3v) is 6.68. The van der Waals surface area contributed by atoms with Gasteiger partial charge in [0.15, 0.2) is 0 Å². The third-order valence-electron chi connectivity index (χ3n) is 6.68. The van der Waals surface area contributed by atoms with Gasteiger partial charge in [-0.2, -0.15) is 0 Å². The maximum Gasteiger partial charge on any atom is 0.235 e. The van der Waals surface area contributed by atoms with Gasteiger partial charge in [-0.25, -0.2) is 0 Å². The van der Waals surface area contributed by atoms with E-state index in [1.54, 1.807) is 0 Å². The van der Waals surface area contributed by atoms with Crippen LogP contribution in [-0.2, 0) is 19.2 Å². The van der Waals surface area contributed by atoms with Gasteiger partial charge in [0.25, 0.3) is 0 Å². The molecule has 2 amide bonds. The molecule has 194 valence electrons. The lowest BCUT2D eigenvalue weighted by atomic mass is 9.64. The summed E-state index contributed by atoms with van der Waals surface area (Å²) in [5, 5.41) is 29.4. The van der Waals surface area contributed by atoms with Gasteiger partial charge in [0, 0.05) is 13.1 Å². The van der Waals surface area contributed by atoms with Crippen LogP contribution in [0.25, 0.3) is 0 Å². The predicted molar refractivity (Wildman–Crippen MR) is 126 cm³/mol. The van der Waals surface area contributed by atoms with E-state index in [1.807, 2.05) is 0 Å². The summed E-state index contributed by atoms with van der Waals surface area (Å²) >= 11 is 0. The van der Waals surface area contributed by atoms with Crippen molar-refractivity contribution in [2.75, 3.05) is 13.1 Å². The van der Waals surface area contributed by atoms with Crippen LogP contribution in [0.15, 0.2) is 12.2 Å². The summed E-state index contributed by atoms with van der Waals surface area (Å²) in [4.78, 5) is 50.0. The highest BCUT2D eigenvalue weighted by Gasteiger charge is 2.52. The standard InChI is InChI=1S/C26H44N2O6/c1-3-5-7-9-11-13-18-27-21(29)25(23(31)32)16-15-17-26(20-25,24(33)34)22(30)28-19-14-12-10-8-6-4-2/h15-16H,3-14,17-20H2,1-2H3,(H,27,29)(H,28,30)(H,31,32)(H,33,34)/p-2. The van der Waals surface area contributed by atoms with E-state index in [-0.39, 0.29) is 19.5 Å². The number of allylic oxidation sites excluding steroid dienone is 1. The van der Waals surface area contributed by atoms with E-state index in [4.69, 9.17) is 0 Å². The monoisotopic (exact) mass is 478 g/mol. The fourth-order valence-corrected chi connectivity index (χ4v) is 4.42. The zero-order chi connectivity index (χ0) is 25.5. The molecule has 0 bridgehead atoms. The van der Waals surface area contributed by atoms with Crippen LogP contribution in [-0.4, -0.2) is 36.8 Å². The van der Waals surface area contributed by atoms with E-state index >= 15 is 0 Å². The smallest absolute Gasteiger partial charge is 0.235 e. The van der Waals surface area contributed by atoms with Crippen molar-refractivity contribution in [1.82, 2.24) is 10.6 Å². The first-order valence-corrected chi connectivity index (χ1v) is 12.9. The van der Waals surface area contributed by atoms with E-state index in [9.17, 15) is 29.4 Å². The summed E-state index contributed by atoms with van der Waals surface area (Å²) in [6.45, 7) is 4.81. The number of carbonyl (C=O) groups excluding carboxylic acids is 4. The number of carboxylic acid groups (broad SMARTS) is 2. The number of carboxylic acids is 2. The largest absolute Gasteiger partial charge is 0.549 e. The summed E-state index contributed by atoms with van der Waals surface area (Å²) in [6.07, 6.45) is 13.5. The number of rotatable bonds is 18. The lowest BCUT2D eigenvalue weighted by Gasteiger charge is -2.43. The molecule has 0 spiro atoms. The zero-order valence-corrected chi connectivity index (χ0v) is 20.9. The highest BCUT2D eigenvalue weighted by molar-refractivity contribution is 6.08. The number of unbranched alkanes of at least 4 members (excludes halogenated alkanes) is 10. The quantitative estimate of drug-likeness (QED) is 0.175. The summed E-state index contributed by atoms with van der Waals surface area (Å²) in [7, 11) is 0. The average molecular weight is 479 g/mol. The molecule has 1 aliphatic rings. The van der Waals surface area contributed by atoms with E-state index < -0.39 is 41.0 Å². The molecule has 0 radical (unpaired) electrons. The molecule has 8 heteroatoms. The molecule has 2 atom stereocenters. The number of amides is 2. The Morgan fingerprint density at radius 2 is 1.18 bits per heavy atom. The Labute approximate surface area is 204 Å². The molecule has 0 heterocycles. The van der Waals surface area contributed by atoms with Crippen molar-refractivity contribution in [3.05, 3.63) is 12.2 Å². The molecule has 2 N–H and O–H groups in total. The van der Waals surface area contributed by atoms with Crippen LogP contribution in [0, 0.1) is 10.8 Å². The molecule has 0 aromatic carbocycles. The number of aliphatic carboxylic acids is 2. The minimum absolute atomic E-state index is 0.239. The van der Waals surface area contributed by atoms with Crippen LogP contribution in [0.4, 0.5) is 0 Å². The van der Waals surface area contributed by atoms with Crippen LogP contribution in [0.1, 0.15) is 104 Å². The number of hydrogen-bond acceptors (Lipinski definition) is 6. The molecule has 0 saturated heterocycles. The van der Waals surface area contributed by atoms with E-state index in [0.29, 0.717) is 12.8 Å². The van der Waals surface area contributed by atoms with E-state index in [2.05, 4.69) is 24.5 Å².